The van der Waals surface area contributed by atoms with Crippen LogP contribution in [-0.2, 0) is 9.59 Å². The van der Waals surface area contributed by atoms with E-state index in [1.807, 2.05) is 4.90 Å². The zero-order valence-electron chi connectivity index (χ0n) is 12.4. The fraction of sp³-hybridized carbons (Fsp3) is 0.875. The van der Waals surface area contributed by atoms with Crippen LogP contribution in [-0.4, -0.2) is 29.7 Å². The predicted molar refractivity (Wildman–Crippen MR) is 73.5 cm³/mol. The third-order valence-corrected chi connectivity index (χ3v) is 6.46. The van der Waals surface area contributed by atoms with Gasteiger partial charge < -0.3 is 4.90 Å². The van der Waals surface area contributed by atoms with Crippen LogP contribution in [0.2, 0.25) is 0 Å². The van der Waals surface area contributed by atoms with Gasteiger partial charge in [0.1, 0.15) is 5.78 Å². The number of carbonyl (C=O) groups excluding carboxylic acids is 2. The first-order valence-electron chi connectivity index (χ1n) is 7.75. The van der Waals surface area contributed by atoms with E-state index in [1.54, 1.807) is 6.92 Å². The topological polar surface area (TPSA) is 37.4 Å². The van der Waals surface area contributed by atoms with E-state index in [0.717, 1.165) is 32.4 Å². The molecule has 0 aromatic carbocycles. The molecule has 2 aliphatic carbocycles. The van der Waals surface area contributed by atoms with Gasteiger partial charge in [-0.3, -0.25) is 9.59 Å². The highest BCUT2D eigenvalue weighted by molar-refractivity contribution is 5.91. The molecule has 4 unspecified atom stereocenters. The number of carbonyl (C=O) groups is 2. The van der Waals surface area contributed by atoms with E-state index in [4.69, 9.17) is 0 Å². The smallest absolute Gasteiger partial charge is 0.222 e. The number of rotatable bonds is 4. The van der Waals surface area contributed by atoms with E-state index in [2.05, 4.69) is 13.8 Å². The summed E-state index contributed by atoms with van der Waals surface area (Å²) in [6, 6.07) is 0. The van der Waals surface area contributed by atoms with Crippen LogP contribution in [0.3, 0.4) is 0 Å². The molecule has 3 rings (SSSR count). The van der Waals surface area contributed by atoms with Crippen LogP contribution in [0.1, 0.15) is 52.9 Å². The van der Waals surface area contributed by atoms with Gasteiger partial charge in [0.25, 0.3) is 0 Å². The minimum atomic E-state index is -0.141. The van der Waals surface area contributed by atoms with Crippen molar-refractivity contribution < 1.29 is 9.59 Å². The van der Waals surface area contributed by atoms with E-state index in [0.29, 0.717) is 24.0 Å². The molecule has 3 aliphatic rings. The maximum atomic E-state index is 12.2. The van der Waals surface area contributed by atoms with Gasteiger partial charge in [-0.05, 0) is 49.9 Å². The average molecular weight is 263 g/mol. The summed E-state index contributed by atoms with van der Waals surface area (Å²) in [6.07, 6.45) is 4.88. The molecule has 1 heterocycles. The zero-order chi connectivity index (χ0) is 13.8. The molecule has 0 N–H and O–H groups in total. The molecule has 3 fully saturated rings. The molecule has 1 amide bonds. The second kappa shape index (κ2) is 4.07. The lowest BCUT2D eigenvalue weighted by atomic mass is 9.76. The summed E-state index contributed by atoms with van der Waals surface area (Å²) < 4.78 is 0. The predicted octanol–water partition coefficient (Wildman–Crippen LogP) is 2.64. The van der Waals surface area contributed by atoms with Gasteiger partial charge in [0.05, 0.1) is 0 Å². The molecule has 4 atom stereocenters. The number of hydrogen-bond donors (Lipinski definition) is 0. The van der Waals surface area contributed by atoms with Gasteiger partial charge in [0.15, 0.2) is 0 Å². The van der Waals surface area contributed by atoms with Crippen molar-refractivity contribution in [3.63, 3.8) is 0 Å². The molecule has 1 aliphatic heterocycles. The first-order chi connectivity index (χ1) is 8.96. The van der Waals surface area contributed by atoms with E-state index < -0.39 is 0 Å². The number of ketones is 1. The fourth-order valence-electron chi connectivity index (χ4n) is 5.03. The van der Waals surface area contributed by atoms with E-state index in [-0.39, 0.29) is 16.7 Å². The van der Waals surface area contributed by atoms with Crippen molar-refractivity contribution in [3.05, 3.63) is 0 Å². The molecular weight excluding hydrogens is 238 g/mol. The Morgan fingerprint density at radius 3 is 2.26 bits per heavy atom. The normalized spacial score (nSPS) is 43.6. The quantitative estimate of drug-likeness (QED) is 0.782. The van der Waals surface area contributed by atoms with Crippen molar-refractivity contribution >= 4 is 11.7 Å². The summed E-state index contributed by atoms with van der Waals surface area (Å²) in [5, 5.41) is 0. The monoisotopic (exact) mass is 263 g/mol. The number of hydrogen-bond acceptors (Lipinski definition) is 2. The number of fused-ring (bicyclic) bond motifs is 1. The van der Waals surface area contributed by atoms with E-state index >= 15 is 0 Å². The Labute approximate surface area is 115 Å². The highest BCUT2D eigenvalue weighted by Crippen LogP contribution is 2.92. The third-order valence-electron chi connectivity index (χ3n) is 6.46. The van der Waals surface area contributed by atoms with Gasteiger partial charge in [-0.25, -0.2) is 0 Å². The van der Waals surface area contributed by atoms with Gasteiger partial charge in [-0.15, -0.1) is 0 Å². The Morgan fingerprint density at radius 2 is 1.79 bits per heavy atom. The molecule has 3 heteroatoms. The molecule has 0 aromatic heterocycles. The van der Waals surface area contributed by atoms with Crippen molar-refractivity contribution in [1.29, 1.82) is 0 Å². The summed E-state index contributed by atoms with van der Waals surface area (Å²) in [7, 11) is 0. The molecule has 19 heavy (non-hydrogen) atoms. The molecule has 0 spiro atoms. The lowest BCUT2D eigenvalue weighted by molar-refractivity contribution is -0.133. The number of likely N-dealkylation sites (tertiary alicyclic amines) is 1. The molecule has 1 saturated heterocycles. The Kier molecular flexibility index (Phi) is 2.81. The summed E-state index contributed by atoms with van der Waals surface area (Å²) in [6.45, 7) is 8.02. The van der Waals surface area contributed by atoms with Crippen LogP contribution in [0.5, 0.6) is 0 Å². The third kappa shape index (κ3) is 1.56. The van der Waals surface area contributed by atoms with Crippen molar-refractivity contribution in [2.75, 3.05) is 13.1 Å². The van der Waals surface area contributed by atoms with Crippen molar-refractivity contribution in [3.8, 4) is 0 Å². The zero-order valence-corrected chi connectivity index (χ0v) is 12.4. The molecule has 0 radical (unpaired) electrons. The summed E-state index contributed by atoms with van der Waals surface area (Å²) in [4.78, 5) is 26.2. The highest BCUT2D eigenvalue weighted by atomic mass is 16.2. The maximum absolute atomic E-state index is 12.2. The van der Waals surface area contributed by atoms with Crippen LogP contribution in [0.4, 0.5) is 0 Å². The van der Waals surface area contributed by atoms with Gasteiger partial charge in [-0.1, -0.05) is 13.8 Å². The summed E-state index contributed by atoms with van der Waals surface area (Å²) in [5.41, 5.74) is 0.0822. The molecule has 0 aromatic rings. The number of Topliss-reactive ketones (excluding diaryl/α,β-unsaturated/α-hetero) is 1. The Bertz CT molecular complexity index is 426. The Balaban J connectivity index is 1.57. The van der Waals surface area contributed by atoms with Crippen molar-refractivity contribution in [2.24, 2.45) is 22.7 Å². The van der Waals surface area contributed by atoms with Gasteiger partial charge in [0.2, 0.25) is 5.91 Å². The van der Waals surface area contributed by atoms with Crippen LogP contribution in [0.15, 0.2) is 0 Å². The van der Waals surface area contributed by atoms with Crippen LogP contribution >= 0.6 is 0 Å². The number of nitrogens with zero attached hydrogens (tertiary/aromatic N) is 1. The van der Waals surface area contributed by atoms with E-state index in [1.165, 1.54) is 6.42 Å². The lowest BCUT2D eigenvalue weighted by Crippen LogP contribution is -2.37. The molecule has 3 nitrogen and oxygen atoms in total. The first kappa shape index (κ1) is 13.1. The second-order valence-corrected chi connectivity index (χ2v) is 7.02. The number of piperidine rings is 1. The van der Waals surface area contributed by atoms with Crippen LogP contribution < -0.4 is 0 Å². The Morgan fingerprint density at radius 1 is 1.21 bits per heavy atom. The van der Waals surface area contributed by atoms with Crippen molar-refractivity contribution in [1.82, 2.24) is 4.90 Å². The molecule has 106 valence electrons. The summed E-state index contributed by atoms with van der Waals surface area (Å²) in [5.74, 6) is 1.82. The maximum Gasteiger partial charge on any atom is 0.222 e. The molecular formula is C16H25NO2. The SMILES string of the molecule is CC(=O)C1(CCC(=O)N2CCCCC2)C2C(C)C21C. The highest BCUT2D eigenvalue weighted by Gasteiger charge is 2.91. The minimum Gasteiger partial charge on any atom is -0.343 e. The minimum absolute atomic E-state index is 0.141. The lowest BCUT2D eigenvalue weighted by Gasteiger charge is -2.30. The van der Waals surface area contributed by atoms with Gasteiger partial charge >= 0.3 is 0 Å². The average Bonchev–Trinajstić information content (AvgIpc) is 3.19. The van der Waals surface area contributed by atoms with Gasteiger partial charge in [-0.2, -0.15) is 0 Å². The Hall–Kier alpha value is -0.860. The van der Waals surface area contributed by atoms with E-state index in [9.17, 15) is 9.59 Å². The van der Waals surface area contributed by atoms with Crippen molar-refractivity contribution in [2.45, 2.75) is 52.9 Å². The van der Waals surface area contributed by atoms with Gasteiger partial charge in [0, 0.05) is 24.9 Å². The standard InChI is InChI=1S/C16H25NO2/c1-11-14-15(11,3)16(14,12(2)18)8-7-13(19)17-9-5-4-6-10-17/h11,14H,4-10H2,1-3H3. The molecule has 2 saturated carbocycles. The largest absolute Gasteiger partial charge is 0.343 e. The fourth-order valence-corrected chi connectivity index (χ4v) is 5.03. The molecule has 0 bridgehead atoms. The number of amides is 1. The second-order valence-electron chi connectivity index (χ2n) is 7.02. The summed E-state index contributed by atoms with van der Waals surface area (Å²) >= 11 is 0. The van der Waals surface area contributed by atoms with Crippen LogP contribution in [0, 0.1) is 22.7 Å². The first-order valence-corrected chi connectivity index (χ1v) is 7.75. The van der Waals surface area contributed by atoms with Crippen LogP contribution in [0.25, 0.3) is 0 Å².